The van der Waals surface area contributed by atoms with Crippen LogP contribution in [0.25, 0.3) is 0 Å². The molecule has 0 aromatic heterocycles. The predicted molar refractivity (Wildman–Crippen MR) is 67.4 cm³/mol. The zero-order valence-corrected chi connectivity index (χ0v) is 10.7. The molecule has 2 rings (SSSR count). The molecule has 1 aromatic rings. The van der Waals surface area contributed by atoms with Crippen LogP contribution in [0.5, 0.6) is 0 Å². The number of nitrogens with one attached hydrogen (secondary N) is 1. The highest BCUT2D eigenvalue weighted by Gasteiger charge is 2.33. The van der Waals surface area contributed by atoms with Gasteiger partial charge in [0.25, 0.3) is 0 Å². The molecule has 6 heteroatoms. The molecule has 1 aliphatic heterocycles. The van der Waals surface area contributed by atoms with Crippen LogP contribution in [0.3, 0.4) is 0 Å². The fourth-order valence-electron chi connectivity index (χ4n) is 1.76. The van der Waals surface area contributed by atoms with Crippen molar-refractivity contribution in [3.05, 3.63) is 35.6 Å². The molecular formula is C12H13FN2O2S. The fourth-order valence-corrected chi connectivity index (χ4v) is 2.95. The molecule has 0 bridgehead atoms. The minimum atomic E-state index is -0.314. The molecule has 1 heterocycles. The van der Waals surface area contributed by atoms with E-state index < -0.39 is 0 Å². The molecule has 1 atom stereocenters. The maximum Gasteiger partial charge on any atom is 0.239 e. The topological polar surface area (TPSA) is 49.4 Å². The van der Waals surface area contributed by atoms with Crippen LogP contribution >= 0.6 is 11.8 Å². The molecule has 0 aliphatic carbocycles. The second kappa shape index (κ2) is 5.39. The fraction of sp³-hybridized carbons (Fsp3) is 0.333. The Morgan fingerprint density at radius 2 is 2.17 bits per heavy atom. The molecule has 2 amide bonds. The van der Waals surface area contributed by atoms with E-state index in [2.05, 4.69) is 5.32 Å². The van der Waals surface area contributed by atoms with Crippen molar-refractivity contribution in [1.82, 2.24) is 10.2 Å². The van der Waals surface area contributed by atoms with Gasteiger partial charge in [0, 0.05) is 7.05 Å². The standard InChI is InChI=1S/C12H13FN2O2S/c1-14-10(16)6-15-11(17)7-18-12(15)8-2-4-9(13)5-3-8/h2-5,12H,6-7H2,1H3,(H,14,16)/t12-/m0/s1. The van der Waals surface area contributed by atoms with Crippen molar-refractivity contribution in [3.8, 4) is 0 Å². The SMILES string of the molecule is CNC(=O)CN1C(=O)CS[C@H]1c1ccc(F)cc1. The first-order chi connectivity index (χ1) is 8.61. The molecule has 0 saturated carbocycles. The first kappa shape index (κ1) is 12.9. The Bertz CT molecular complexity index is 464. The summed E-state index contributed by atoms with van der Waals surface area (Å²) in [5.41, 5.74) is 0.830. The minimum Gasteiger partial charge on any atom is -0.358 e. The molecular weight excluding hydrogens is 255 g/mol. The molecule has 1 N–H and O–H groups in total. The average Bonchev–Trinajstić information content (AvgIpc) is 2.72. The van der Waals surface area contributed by atoms with Crippen LogP contribution < -0.4 is 5.32 Å². The van der Waals surface area contributed by atoms with E-state index in [1.165, 1.54) is 35.8 Å². The summed E-state index contributed by atoms with van der Waals surface area (Å²) in [7, 11) is 1.53. The Kier molecular flexibility index (Phi) is 3.86. The normalized spacial score (nSPS) is 19.1. The van der Waals surface area contributed by atoms with Crippen molar-refractivity contribution < 1.29 is 14.0 Å². The van der Waals surface area contributed by atoms with Gasteiger partial charge in [-0.25, -0.2) is 4.39 Å². The molecule has 96 valence electrons. The Hall–Kier alpha value is -1.56. The molecule has 1 aromatic carbocycles. The number of carbonyl (C=O) groups excluding carboxylic acids is 2. The highest BCUT2D eigenvalue weighted by Crippen LogP contribution is 2.38. The minimum absolute atomic E-state index is 0.0321. The largest absolute Gasteiger partial charge is 0.358 e. The zero-order chi connectivity index (χ0) is 13.1. The highest BCUT2D eigenvalue weighted by molar-refractivity contribution is 8.00. The van der Waals surface area contributed by atoms with Crippen LogP contribution in [0.15, 0.2) is 24.3 Å². The van der Waals surface area contributed by atoms with Gasteiger partial charge in [-0.3, -0.25) is 9.59 Å². The molecule has 0 radical (unpaired) electrons. The molecule has 0 spiro atoms. The van der Waals surface area contributed by atoms with E-state index in [4.69, 9.17) is 0 Å². The molecule has 4 nitrogen and oxygen atoms in total. The number of halogens is 1. The van der Waals surface area contributed by atoms with E-state index in [0.29, 0.717) is 5.75 Å². The highest BCUT2D eigenvalue weighted by atomic mass is 32.2. The number of thioether (sulfide) groups is 1. The number of nitrogens with zero attached hydrogens (tertiary/aromatic N) is 1. The van der Waals surface area contributed by atoms with Gasteiger partial charge in [0.05, 0.1) is 5.75 Å². The maximum atomic E-state index is 12.9. The van der Waals surface area contributed by atoms with Gasteiger partial charge >= 0.3 is 0 Å². The monoisotopic (exact) mass is 268 g/mol. The molecule has 1 saturated heterocycles. The van der Waals surface area contributed by atoms with Gasteiger partial charge < -0.3 is 10.2 Å². The van der Waals surface area contributed by atoms with Crippen LogP contribution in [0.4, 0.5) is 4.39 Å². The quantitative estimate of drug-likeness (QED) is 0.894. The van der Waals surface area contributed by atoms with Gasteiger partial charge in [-0.2, -0.15) is 0 Å². The van der Waals surface area contributed by atoms with Crippen LogP contribution in [0.1, 0.15) is 10.9 Å². The second-order valence-corrected chi connectivity index (χ2v) is 4.98. The van der Waals surface area contributed by atoms with Crippen molar-refractivity contribution in [2.75, 3.05) is 19.3 Å². The van der Waals surface area contributed by atoms with Gasteiger partial charge in [0.15, 0.2) is 0 Å². The summed E-state index contributed by atoms with van der Waals surface area (Å²) in [5, 5.41) is 2.28. The number of benzene rings is 1. The lowest BCUT2D eigenvalue weighted by atomic mass is 10.2. The third-order valence-corrected chi connectivity index (χ3v) is 3.97. The lowest BCUT2D eigenvalue weighted by molar-refractivity contribution is -0.133. The maximum absolute atomic E-state index is 12.9. The smallest absolute Gasteiger partial charge is 0.239 e. The first-order valence-corrected chi connectivity index (χ1v) is 6.54. The summed E-state index contributed by atoms with van der Waals surface area (Å²) in [6.07, 6.45) is 0. The predicted octanol–water partition coefficient (Wildman–Crippen LogP) is 1.15. The van der Waals surface area contributed by atoms with Crippen LogP contribution in [0, 0.1) is 5.82 Å². The van der Waals surface area contributed by atoms with E-state index in [1.807, 2.05) is 0 Å². The summed E-state index contributed by atoms with van der Waals surface area (Å²) >= 11 is 1.44. The van der Waals surface area contributed by atoms with E-state index >= 15 is 0 Å². The number of rotatable bonds is 3. The Morgan fingerprint density at radius 1 is 1.50 bits per heavy atom. The number of hydrogen-bond acceptors (Lipinski definition) is 3. The Balaban J connectivity index is 2.18. The summed E-state index contributed by atoms with van der Waals surface area (Å²) < 4.78 is 12.9. The number of carbonyl (C=O) groups is 2. The van der Waals surface area contributed by atoms with Crippen LogP contribution in [-0.2, 0) is 9.59 Å². The van der Waals surface area contributed by atoms with Crippen LogP contribution in [-0.4, -0.2) is 36.1 Å². The summed E-state index contributed by atoms with van der Waals surface area (Å²) in [6, 6.07) is 6.00. The summed E-state index contributed by atoms with van der Waals surface area (Å²) in [6.45, 7) is 0.0321. The van der Waals surface area contributed by atoms with Gasteiger partial charge in [-0.1, -0.05) is 12.1 Å². The van der Waals surface area contributed by atoms with Crippen molar-refractivity contribution >= 4 is 23.6 Å². The van der Waals surface area contributed by atoms with E-state index in [0.717, 1.165) is 5.56 Å². The molecule has 0 unspecified atom stereocenters. The number of hydrogen-bond donors (Lipinski definition) is 1. The molecule has 1 aliphatic rings. The Labute approximate surface area is 109 Å². The first-order valence-electron chi connectivity index (χ1n) is 5.49. The van der Waals surface area contributed by atoms with Gasteiger partial charge in [0.2, 0.25) is 11.8 Å². The third kappa shape index (κ3) is 2.64. The number of likely N-dealkylation sites (N-methyl/N-ethyl adjacent to an activating group) is 1. The van der Waals surface area contributed by atoms with Crippen LogP contribution in [0.2, 0.25) is 0 Å². The lowest BCUT2D eigenvalue weighted by Gasteiger charge is -2.23. The molecule has 18 heavy (non-hydrogen) atoms. The second-order valence-electron chi connectivity index (χ2n) is 3.91. The summed E-state index contributed by atoms with van der Waals surface area (Å²) in [4.78, 5) is 24.6. The lowest BCUT2D eigenvalue weighted by Crippen LogP contribution is -2.37. The molecule has 1 fully saturated rings. The van der Waals surface area contributed by atoms with Gasteiger partial charge in [-0.15, -0.1) is 11.8 Å². The number of amides is 2. The van der Waals surface area contributed by atoms with E-state index in [-0.39, 0.29) is 29.6 Å². The van der Waals surface area contributed by atoms with E-state index in [9.17, 15) is 14.0 Å². The van der Waals surface area contributed by atoms with Gasteiger partial charge in [-0.05, 0) is 17.7 Å². The van der Waals surface area contributed by atoms with E-state index in [1.54, 1.807) is 12.1 Å². The van der Waals surface area contributed by atoms with Crippen molar-refractivity contribution in [2.24, 2.45) is 0 Å². The van der Waals surface area contributed by atoms with Crippen molar-refractivity contribution in [3.63, 3.8) is 0 Å². The zero-order valence-electron chi connectivity index (χ0n) is 9.85. The Morgan fingerprint density at radius 3 is 2.78 bits per heavy atom. The van der Waals surface area contributed by atoms with Crippen molar-refractivity contribution in [2.45, 2.75) is 5.37 Å². The average molecular weight is 268 g/mol. The van der Waals surface area contributed by atoms with Crippen molar-refractivity contribution in [1.29, 1.82) is 0 Å². The van der Waals surface area contributed by atoms with Gasteiger partial charge in [0.1, 0.15) is 17.7 Å². The summed E-state index contributed by atoms with van der Waals surface area (Å²) in [5.74, 6) is -0.249. The third-order valence-electron chi connectivity index (χ3n) is 2.72.